The predicted molar refractivity (Wildman–Crippen MR) is 148 cm³/mol. The third kappa shape index (κ3) is 4.78. The average molecular weight is 615 g/mol. The lowest BCUT2D eigenvalue weighted by atomic mass is 9.41. The fraction of sp³-hybridized carbons (Fsp3) is 0.968. The summed E-state index contributed by atoms with van der Waals surface area (Å²) in [4.78, 5) is 12.9. The van der Waals surface area contributed by atoms with Crippen molar-refractivity contribution in [3.8, 4) is 0 Å². The highest BCUT2D eigenvalue weighted by Crippen LogP contribution is 2.73. The molecule has 12 heteroatoms. The zero-order valence-electron chi connectivity index (χ0n) is 25.4. The Morgan fingerprint density at radius 2 is 1.65 bits per heavy atom. The third-order valence-electron chi connectivity index (χ3n) is 12.9. The lowest BCUT2D eigenvalue weighted by molar-refractivity contribution is -0.340. The van der Waals surface area contributed by atoms with Crippen molar-refractivity contribution >= 4 is 5.78 Å². The number of Topliss-reactive ketones (excluding diaryl/α,β-unsaturated/α-hetero) is 1. The van der Waals surface area contributed by atoms with Gasteiger partial charge in [-0.3, -0.25) is 4.79 Å². The summed E-state index contributed by atoms with van der Waals surface area (Å²) in [5, 5.41) is 73.1. The smallest absolute Gasteiger partial charge is 0.187 e. The van der Waals surface area contributed by atoms with E-state index in [0.717, 1.165) is 38.5 Å². The van der Waals surface area contributed by atoms with Crippen LogP contribution in [0.2, 0.25) is 0 Å². The Morgan fingerprint density at radius 3 is 2.33 bits per heavy atom. The van der Waals surface area contributed by atoms with Crippen LogP contribution in [0.3, 0.4) is 0 Å². The number of carbonyl (C=O) groups excluding carboxylic acids is 1. The molecule has 4 aliphatic carbocycles. The summed E-state index contributed by atoms with van der Waals surface area (Å²) in [5.41, 5.74) is -3.33. The Balaban J connectivity index is 1.18. The van der Waals surface area contributed by atoms with Gasteiger partial charge in [-0.15, -0.1) is 0 Å². The maximum atomic E-state index is 12.9. The van der Waals surface area contributed by atoms with Gasteiger partial charge < -0.3 is 54.7 Å². The summed E-state index contributed by atoms with van der Waals surface area (Å²) in [6.45, 7) is 4.82. The van der Waals surface area contributed by atoms with Crippen LogP contribution in [-0.2, 0) is 23.7 Å². The fourth-order valence-electron chi connectivity index (χ4n) is 10.5. The van der Waals surface area contributed by atoms with Crippen molar-refractivity contribution in [2.24, 2.45) is 34.0 Å². The van der Waals surface area contributed by atoms with Crippen LogP contribution in [0.15, 0.2) is 0 Å². The fourth-order valence-corrected chi connectivity index (χ4v) is 10.5. The molecule has 1 spiro atoms. The van der Waals surface area contributed by atoms with Gasteiger partial charge in [-0.05, 0) is 73.5 Å². The van der Waals surface area contributed by atoms with Crippen LogP contribution in [0, 0.1) is 34.0 Å². The molecule has 6 rings (SSSR count). The molecular weight excluding hydrogens is 564 g/mol. The first-order chi connectivity index (χ1) is 20.2. The van der Waals surface area contributed by atoms with Crippen molar-refractivity contribution in [1.29, 1.82) is 0 Å². The van der Waals surface area contributed by atoms with Gasteiger partial charge in [0.2, 0.25) is 0 Å². The van der Waals surface area contributed by atoms with Crippen molar-refractivity contribution in [3.63, 3.8) is 0 Å². The van der Waals surface area contributed by atoms with Gasteiger partial charge in [-0.25, -0.2) is 0 Å². The summed E-state index contributed by atoms with van der Waals surface area (Å²) in [6.07, 6.45) is -3.57. The first kappa shape index (κ1) is 32.2. The highest BCUT2D eigenvalue weighted by atomic mass is 16.7. The normalized spacial score (nSPS) is 54.3. The summed E-state index contributed by atoms with van der Waals surface area (Å²) >= 11 is 0. The third-order valence-corrected chi connectivity index (χ3v) is 12.9. The molecule has 6 fully saturated rings. The molecule has 0 aromatic rings. The number of aliphatic hydroxyl groups excluding tert-OH is 6. The highest BCUT2D eigenvalue weighted by Gasteiger charge is 2.69. The van der Waals surface area contributed by atoms with Crippen molar-refractivity contribution in [2.45, 2.75) is 126 Å². The molecule has 246 valence electrons. The van der Waals surface area contributed by atoms with Gasteiger partial charge in [0.25, 0.3) is 0 Å². The number of rotatable bonds is 7. The second-order valence-electron chi connectivity index (χ2n) is 15.4. The van der Waals surface area contributed by atoms with Crippen molar-refractivity contribution in [2.75, 3.05) is 26.4 Å². The van der Waals surface area contributed by atoms with Crippen LogP contribution in [0.1, 0.15) is 72.1 Å². The van der Waals surface area contributed by atoms with Crippen LogP contribution in [0.4, 0.5) is 0 Å². The lowest BCUT2D eigenvalue weighted by Gasteiger charge is -2.63. The van der Waals surface area contributed by atoms with Gasteiger partial charge in [-0.2, -0.15) is 0 Å². The second kappa shape index (κ2) is 10.9. The molecule has 2 heterocycles. The molecule has 0 radical (unpaired) electrons. The molecular formula is C31H50O12. The van der Waals surface area contributed by atoms with Crippen molar-refractivity contribution in [1.82, 2.24) is 0 Å². The first-order valence-electron chi connectivity index (χ1n) is 15.9. The molecule has 7 N–H and O–H groups in total. The van der Waals surface area contributed by atoms with E-state index in [9.17, 15) is 40.5 Å². The quantitative estimate of drug-likeness (QED) is 0.197. The first-order valence-corrected chi connectivity index (χ1v) is 15.9. The molecule has 2 aliphatic heterocycles. The van der Waals surface area contributed by atoms with Crippen LogP contribution >= 0.6 is 0 Å². The summed E-state index contributed by atoms with van der Waals surface area (Å²) in [7, 11) is 0. The van der Waals surface area contributed by atoms with E-state index in [1.807, 2.05) is 0 Å². The zero-order chi connectivity index (χ0) is 31.2. The molecule has 4 saturated carbocycles. The Hall–Kier alpha value is -0.770. The molecule has 0 aromatic carbocycles. The number of hydrogen-bond donors (Lipinski definition) is 7. The molecule has 0 aromatic heterocycles. The zero-order valence-corrected chi connectivity index (χ0v) is 25.4. The summed E-state index contributed by atoms with van der Waals surface area (Å²) in [6, 6.07) is 0. The molecule has 0 unspecified atom stereocenters. The summed E-state index contributed by atoms with van der Waals surface area (Å²) in [5.74, 6) is 1.04. The van der Waals surface area contributed by atoms with E-state index >= 15 is 0 Å². The van der Waals surface area contributed by atoms with Crippen LogP contribution in [-0.4, -0.2) is 122 Å². The SMILES string of the molecule is CC1(C)C(=O)CC[C@]2(C)[C@@H]1CC[C@@]13C[C@@H](CC[C@H]12)[C@](CO)(O[C@H]1O[C@H](CO[C@@H]2OC[C@](O)(CO)[C@H]2O)[C@@H](O)[C@H](O)[C@H]1O)C3. The van der Waals surface area contributed by atoms with E-state index in [-0.39, 0.29) is 42.0 Å². The van der Waals surface area contributed by atoms with E-state index in [2.05, 4.69) is 20.8 Å². The Labute approximate surface area is 252 Å². The van der Waals surface area contributed by atoms with Gasteiger partial charge in [-0.1, -0.05) is 20.8 Å². The van der Waals surface area contributed by atoms with E-state index in [4.69, 9.17) is 18.9 Å². The van der Waals surface area contributed by atoms with Gasteiger partial charge in [0.15, 0.2) is 12.6 Å². The molecule has 0 amide bonds. The maximum Gasteiger partial charge on any atom is 0.187 e. The minimum absolute atomic E-state index is 0.00478. The average Bonchev–Trinajstić information content (AvgIpc) is 3.39. The molecule has 12 nitrogen and oxygen atoms in total. The second-order valence-corrected chi connectivity index (χ2v) is 15.4. The van der Waals surface area contributed by atoms with E-state index in [1.54, 1.807) is 0 Å². The van der Waals surface area contributed by atoms with E-state index in [1.165, 1.54) is 0 Å². The van der Waals surface area contributed by atoms with Gasteiger partial charge in [0.1, 0.15) is 41.9 Å². The maximum absolute atomic E-state index is 12.9. The van der Waals surface area contributed by atoms with Crippen LogP contribution in [0.25, 0.3) is 0 Å². The minimum atomic E-state index is -1.89. The topological polar surface area (TPSA) is 196 Å². The predicted octanol–water partition coefficient (Wildman–Crippen LogP) is -0.389. The van der Waals surface area contributed by atoms with Crippen molar-refractivity contribution < 1.29 is 59.5 Å². The molecule has 14 atom stereocenters. The van der Waals surface area contributed by atoms with E-state index in [0.29, 0.717) is 30.5 Å². The summed E-state index contributed by atoms with van der Waals surface area (Å²) < 4.78 is 23.3. The van der Waals surface area contributed by atoms with Crippen molar-refractivity contribution in [3.05, 3.63) is 0 Å². The van der Waals surface area contributed by atoms with Gasteiger partial charge in [0, 0.05) is 11.8 Å². The number of ketones is 1. The highest BCUT2D eigenvalue weighted by molar-refractivity contribution is 5.85. The Kier molecular flexibility index (Phi) is 8.16. The standard InChI is InChI=1S/C31H50O12/c1-27(2)18-6-9-29-10-16(4-5-19(29)28(18,3)8-7-20(27)34)31(12-29,14-33)43-25-23(37)22(36)21(35)17(42-25)11-40-26-24(38)30(39,13-32)15-41-26/h16-19,21-26,32-33,35-39H,4-15H2,1-3H3/t16-,17-,18-,19+,21-,22+,23-,24+,25-,26-,28-,29+,30-,31+/m1/s1. The van der Waals surface area contributed by atoms with E-state index < -0.39 is 60.9 Å². The Bertz CT molecular complexity index is 1070. The molecule has 2 saturated heterocycles. The van der Waals surface area contributed by atoms with Crippen LogP contribution in [0.5, 0.6) is 0 Å². The largest absolute Gasteiger partial charge is 0.393 e. The molecule has 2 bridgehead atoms. The number of fused-ring (bicyclic) bond motifs is 3. The number of hydrogen-bond acceptors (Lipinski definition) is 12. The number of aliphatic hydroxyl groups is 7. The minimum Gasteiger partial charge on any atom is -0.393 e. The lowest BCUT2D eigenvalue weighted by Crippen LogP contribution is -2.62. The molecule has 43 heavy (non-hydrogen) atoms. The number of carbonyl (C=O) groups is 1. The monoisotopic (exact) mass is 614 g/mol. The van der Waals surface area contributed by atoms with Crippen LogP contribution < -0.4 is 0 Å². The Morgan fingerprint density at radius 1 is 0.907 bits per heavy atom. The van der Waals surface area contributed by atoms with Gasteiger partial charge >= 0.3 is 0 Å². The molecule has 6 aliphatic rings. The van der Waals surface area contributed by atoms with Gasteiger partial charge in [0.05, 0.1) is 32.0 Å². The number of ether oxygens (including phenoxy) is 4.